The summed E-state index contributed by atoms with van der Waals surface area (Å²) < 4.78 is 5.91. The number of ether oxygens (including phenoxy) is 1. The van der Waals surface area contributed by atoms with Gasteiger partial charge >= 0.3 is 0 Å². The molecule has 1 atom stereocenters. The molecule has 2 heterocycles. The van der Waals surface area contributed by atoms with Crippen LogP contribution in [0.3, 0.4) is 0 Å². The Morgan fingerprint density at radius 2 is 1.92 bits per heavy atom. The molecule has 5 heteroatoms. The predicted octanol–water partition coefficient (Wildman–Crippen LogP) is 3.02. The molecule has 0 aliphatic carbocycles. The Labute approximate surface area is 156 Å². The number of hydrogen-bond acceptors (Lipinski definition) is 3. The monoisotopic (exact) mass is 358 g/mol. The smallest absolute Gasteiger partial charge is 0.242 e. The minimum absolute atomic E-state index is 0.0836. The van der Waals surface area contributed by atoms with Crippen molar-refractivity contribution in [3.8, 4) is 5.75 Å². The van der Waals surface area contributed by atoms with Gasteiger partial charge in [-0.25, -0.2) is 0 Å². The molecule has 2 amide bonds. The third kappa shape index (κ3) is 5.23. The molecule has 2 saturated heterocycles. The van der Waals surface area contributed by atoms with Gasteiger partial charge in [-0.15, -0.1) is 0 Å². The van der Waals surface area contributed by atoms with E-state index in [0.717, 1.165) is 57.5 Å². The summed E-state index contributed by atoms with van der Waals surface area (Å²) in [5.41, 5.74) is 1.22. The van der Waals surface area contributed by atoms with E-state index in [-0.39, 0.29) is 18.4 Å². The Hall–Kier alpha value is -2.04. The standard InChI is InChI=1S/C21H30N2O3/c1-17-8-10-19(11-9-17)26-16-18-6-5-13-22(14-18)21(25)15-23-12-4-2-3-7-20(23)24/h8-11,18H,2-7,12-16H2,1H3. The molecular formula is C21H30N2O3. The van der Waals surface area contributed by atoms with Gasteiger partial charge in [0.25, 0.3) is 0 Å². The Morgan fingerprint density at radius 1 is 1.12 bits per heavy atom. The lowest BCUT2D eigenvalue weighted by Gasteiger charge is -2.34. The van der Waals surface area contributed by atoms with Crippen LogP contribution in [0.15, 0.2) is 24.3 Å². The first-order valence-corrected chi connectivity index (χ1v) is 9.87. The summed E-state index contributed by atoms with van der Waals surface area (Å²) in [6.07, 6.45) is 5.70. The fraction of sp³-hybridized carbons (Fsp3) is 0.619. The molecule has 0 bridgehead atoms. The molecule has 0 saturated carbocycles. The molecule has 0 N–H and O–H groups in total. The number of hydrogen-bond donors (Lipinski definition) is 0. The summed E-state index contributed by atoms with van der Waals surface area (Å²) in [4.78, 5) is 28.5. The lowest BCUT2D eigenvalue weighted by molar-refractivity contribution is -0.141. The van der Waals surface area contributed by atoms with Gasteiger partial charge in [-0.2, -0.15) is 0 Å². The van der Waals surface area contributed by atoms with Crippen molar-refractivity contribution in [3.05, 3.63) is 29.8 Å². The highest BCUT2D eigenvalue weighted by Crippen LogP contribution is 2.20. The minimum atomic E-state index is 0.0836. The van der Waals surface area contributed by atoms with Crippen molar-refractivity contribution in [2.75, 3.05) is 32.8 Å². The van der Waals surface area contributed by atoms with Crippen LogP contribution < -0.4 is 4.74 Å². The summed E-state index contributed by atoms with van der Waals surface area (Å²) in [6.45, 7) is 5.18. The summed E-state index contributed by atoms with van der Waals surface area (Å²) >= 11 is 0. The lowest BCUT2D eigenvalue weighted by Crippen LogP contribution is -2.47. The molecule has 2 fully saturated rings. The van der Waals surface area contributed by atoms with Gasteiger partial charge in [-0.05, 0) is 44.7 Å². The van der Waals surface area contributed by atoms with Crippen LogP contribution in [-0.4, -0.2) is 54.4 Å². The molecule has 3 rings (SSSR count). The van der Waals surface area contributed by atoms with E-state index in [4.69, 9.17) is 4.74 Å². The number of nitrogens with zero attached hydrogens (tertiary/aromatic N) is 2. The van der Waals surface area contributed by atoms with E-state index >= 15 is 0 Å². The van der Waals surface area contributed by atoms with Crippen LogP contribution in [0.25, 0.3) is 0 Å². The fourth-order valence-electron chi connectivity index (χ4n) is 3.75. The fourth-order valence-corrected chi connectivity index (χ4v) is 3.75. The third-order valence-corrected chi connectivity index (χ3v) is 5.38. The number of benzene rings is 1. The van der Waals surface area contributed by atoms with Crippen molar-refractivity contribution in [2.24, 2.45) is 5.92 Å². The molecule has 0 aromatic heterocycles. The first kappa shape index (κ1) is 18.7. The Morgan fingerprint density at radius 3 is 2.73 bits per heavy atom. The molecule has 26 heavy (non-hydrogen) atoms. The second kappa shape index (κ2) is 9.06. The number of carbonyl (C=O) groups is 2. The van der Waals surface area contributed by atoms with Gasteiger partial charge in [0, 0.05) is 32.0 Å². The second-order valence-electron chi connectivity index (χ2n) is 7.60. The molecule has 2 aliphatic rings. The Kier molecular flexibility index (Phi) is 6.53. The van der Waals surface area contributed by atoms with Crippen molar-refractivity contribution in [1.82, 2.24) is 9.80 Å². The van der Waals surface area contributed by atoms with E-state index in [1.54, 1.807) is 4.90 Å². The summed E-state index contributed by atoms with van der Waals surface area (Å²) in [5.74, 6) is 1.45. The molecule has 1 aromatic carbocycles. The molecule has 0 radical (unpaired) electrons. The number of rotatable bonds is 5. The van der Waals surface area contributed by atoms with Gasteiger partial charge in [0.1, 0.15) is 5.75 Å². The zero-order chi connectivity index (χ0) is 18.4. The van der Waals surface area contributed by atoms with Crippen molar-refractivity contribution >= 4 is 11.8 Å². The third-order valence-electron chi connectivity index (χ3n) is 5.38. The van der Waals surface area contributed by atoms with Gasteiger partial charge in [-0.1, -0.05) is 24.1 Å². The average molecular weight is 358 g/mol. The van der Waals surface area contributed by atoms with E-state index in [0.29, 0.717) is 18.9 Å². The van der Waals surface area contributed by atoms with Crippen LogP contribution in [0, 0.1) is 12.8 Å². The van der Waals surface area contributed by atoms with Crippen molar-refractivity contribution < 1.29 is 14.3 Å². The number of amides is 2. The number of carbonyl (C=O) groups excluding carboxylic acids is 2. The van der Waals surface area contributed by atoms with Crippen molar-refractivity contribution in [1.29, 1.82) is 0 Å². The maximum Gasteiger partial charge on any atom is 0.242 e. The van der Waals surface area contributed by atoms with E-state index in [2.05, 4.69) is 6.92 Å². The molecule has 5 nitrogen and oxygen atoms in total. The van der Waals surface area contributed by atoms with Crippen LogP contribution in [0.5, 0.6) is 5.75 Å². The Bertz CT molecular complexity index is 614. The number of piperidine rings is 1. The van der Waals surface area contributed by atoms with Crippen molar-refractivity contribution in [2.45, 2.75) is 45.4 Å². The topological polar surface area (TPSA) is 49.9 Å². The van der Waals surface area contributed by atoms with Crippen LogP contribution >= 0.6 is 0 Å². The van der Waals surface area contributed by atoms with Crippen LogP contribution in [0.1, 0.15) is 44.1 Å². The zero-order valence-electron chi connectivity index (χ0n) is 15.8. The molecule has 1 unspecified atom stereocenters. The molecule has 142 valence electrons. The summed E-state index contributed by atoms with van der Waals surface area (Å²) in [7, 11) is 0. The summed E-state index contributed by atoms with van der Waals surface area (Å²) in [6, 6.07) is 8.08. The van der Waals surface area contributed by atoms with Crippen LogP contribution in [0.2, 0.25) is 0 Å². The lowest BCUT2D eigenvalue weighted by atomic mass is 9.99. The van der Waals surface area contributed by atoms with E-state index in [1.165, 1.54) is 5.56 Å². The van der Waals surface area contributed by atoms with Gasteiger partial charge in [0.05, 0.1) is 13.2 Å². The highest BCUT2D eigenvalue weighted by atomic mass is 16.5. The number of likely N-dealkylation sites (tertiary alicyclic amines) is 2. The van der Waals surface area contributed by atoms with E-state index in [9.17, 15) is 9.59 Å². The van der Waals surface area contributed by atoms with Crippen molar-refractivity contribution in [3.63, 3.8) is 0 Å². The van der Waals surface area contributed by atoms with Gasteiger partial charge in [-0.3, -0.25) is 9.59 Å². The van der Waals surface area contributed by atoms with Gasteiger partial charge < -0.3 is 14.5 Å². The maximum atomic E-state index is 12.7. The summed E-state index contributed by atoms with van der Waals surface area (Å²) in [5, 5.41) is 0. The first-order chi connectivity index (χ1) is 12.6. The average Bonchev–Trinajstić information content (AvgIpc) is 2.86. The normalized spacial score (nSPS) is 21.4. The predicted molar refractivity (Wildman–Crippen MR) is 101 cm³/mol. The zero-order valence-corrected chi connectivity index (χ0v) is 15.8. The molecular weight excluding hydrogens is 328 g/mol. The van der Waals surface area contributed by atoms with E-state index < -0.39 is 0 Å². The molecule has 2 aliphatic heterocycles. The van der Waals surface area contributed by atoms with Crippen LogP contribution in [0.4, 0.5) is 0 Å². The molecule has 0 spiro atoms. The quantitative estimate of drug-likeness (QED) is 0.813. The van der Waals surface area contributed by atoms with E-state index in [1.807, 2.05) is 29.2 Å². The maximum absolute atomic E-state index is 12.7. The van der Waals surface area contributed by atoms with Gasteiger partial charge in [0.15, 0.2) is 0 Å². The SMILES string of the molecule is Cc1ccc(OCC2CCCN(C(=O)CN3CCCCCC3=O)C2)cc1. The first-order valence-electron chi connectivity index (χ1n) is 9.87. The second-order valence-corrected chi connectivity index (χ2v) is 7.60. The Balaban J connectivity index is 1.48. The number of aryl methyl sites for hydroxylation is 1. The molecule has 1 aromatic rings. The minimum Gasteiger partial charge on any atom is -0.493 e. The van der Waals surface area contributed by atoms with Crippen LogP contribution in [-0.2, 0) is 9.59 Å². The largest absolute Gasteiger partial charge is 0.493 e. The highest BCUT2D eigenvalue weighted by Gasteiger charge is 2.27. The highest BCUT2D eigenvalue weighted by molar-refractivity contribution is 5.85. The van der Waals surface area contributed by atoms with Gasteiger partial charge in [0.2, 0.25) is 11.8 Å².